The predicted molar refractivity (Wildman–Crippen MR) is 358 cm³/mol. The lowest BCUT2D eigenvalue weighted by Crippen LogP contribution is -2.30. The van der Waals surface area contributed by atoms with E-state index in [1.807, 2.05) is 0 Å². The van der Waals surface area contributed by atoms with Gasteiger partial charge in [-0.05, 0) is 103 Å². The van der Waals surface area contributed by atoms with Crippen LogP contribution in [0.2, 0.25) is 0 Å². The number of carbonyl (C=O) groups is 3. The normalized spacial score (nSPS) is 12.3. The van der Waals surface area contributed by atoms with E-state index in [0.29, 0.717) is 19.3 Å². The molecule has 0 aromatic carbocycles. The molecule has 6 heteroatoms. The molecule has 0 saturated carbocycles. The zero-order valence-corrected chi connectivity index (χ0v) is 55.3. The molecule has 0 aliphatic heterocycles. The fourth-order valence-corrected chi connectivity index (χ4v) is 11.0. The summed E-state index contributed by atoms with van der Waals surface area (Å²) in [6, 6.07) is 0. The van der Waals surface area contributed by atoms with Crippen molar-refractivity contribution in [1.29, 1.82) is 0 Å². The summed E-state index contributed by atoms with van der Waals surface area (Å²) in [6.07, 6.45) is 90.0. The molecule has 0 aliphatic rings. The van der Waals surface area contributed by atoms with Gasteiger partial charge in [-0.2, -0.15) is 0 Å². The van der Waals surface area contributed by atoms with Gasteiger partial charge < -0.3 is 14.2 Å². The average Bonchev–Trinajstić information content (AvgIpc) is 3.47. The van der Waals surface area contributed by atoms with Crippen LogP contribution < -0.4 is 0 Å². The van der Waals surface area contributed by atoms with Crippen molar-refractivity contribution in [2.45, 2.75) is 406 Å². The Hall–Kier alpha value is -2.63. The van der Waals surface area contributed by atoms with Gasteiger partial charge in [-0.3, -0.25) is 14.4 Å². The van der Waals surface area contributed by atoms with Crippen molar-refractivity contribution in [3.63, 3.8) is 0 Å². The second-order valence-corrected chi connectivity index (χ2v) is 24.8. The van der Waals surface area contributed by atoms with E-state index in [2.05, 4.69) is 69.4 Å². The Labute approximate surface area is 511 Å². The Balaban J connectivity index is 4.26. The molecule has 0 aromatic heterocycles. The molecular formula is C76H140O6. The number of unbranched alkanes of at least 4 members (excludes halogenated alkanes) is 49. The molecule has 0 fully saturated rings. The lowest BCUT2D eigenvalue weighted by molar-refractivity contribution is -0.167. The molecular weight excluding hydrogens is 1010 g/mol. The van der Waals surface area contributed by atoms with Crippen molar-refractivity contribution < 1.29 is 28.6 Å². The molecule has 1 atom stereocenters. The quantitative estimate of drug-likeness (QED) is 0.0261. The Morgan fingerprint density at radius 1 is 0.244 bits per heavy atom. The van der Waals surface area contributed by atoms with E-state index < -0.39 is 6.10 Å². The molecule has 0 rings (SSSR count). The smallest absolute Gasteiger partial charge is 0.306 e. The van der Waals surface area contributed by atoms with E-state index >= 15 is 0 Å². The molecule has 0 radical (unpaired) electrons. The number of esters is 3. The minimum Gasteiger partial charge on any atom is -0.462 e. The van der Waals surface area contributed by atoms with Gasteiger partial charge in [-0.1, -0.05) is 326 Å². The van der Waals surface area contributed by atoms with Gasteiger partial charge in [0, 0.05) is 19.3 Å². The van der Waals surface area contributed by atoms with Crippen LogP contribution in [0.4, 0.5) is 0 Å². The summed E-state index contributed by atoms with van der Waals surface area (Å²) < 4.78 is 17.0. The first kappa shape index (κ1) is 79.4. The second-order valence-electron chi connectivity index (χ2n) is 24.8. The standard InChI is InChI=1S/C76H140O6/c1-4-7-10-13-16-19-22-25-28-30-32-34-36-38-40-42-44-46-48-51-54-57-60-63-66-69-75(78)81-72-73(71-80-74(77)68-65-62-59-56-53-50-27-24-21-18-15-12-9-6-3)82-76(79)70-67-64-61-58-55-52-49-47-45-43-41-39-37-35-33-31-29-26-23-20-17-14-11-8-5-2/h22,24-25,27,30-33,73H,4-21,23,26,28-29,34-72H2,1-3H3/b25-22-,27-24-,32-30-,33-31-. The summed E-state index contributed by atoms with van der Waals surface area (Å²) >= 11 is 0. The maximum absolute atomic E-state index is 13.0. The second kappa shape index (κ2) is 70.9. The number of carbonyl (C=O) groups excluding carboxylic acids is 3. The van der Waals surface area contributed by atoms with E-state index in [1.165, 1.54) is 289 Å². The third-order valence-corrected chi connectivity index (χ3v) is 16.5. The van der Waals surface area contributed by atoms with Crippen LogP contribution in [0.5, 0.6) is 0 Å². The zero-order chi connectivity index (χ0) is 59.2. The first-order chi connectivity index (χ1) is 40.5. The van der Waals surface area contributed by atoms with E-state index in [9.17, 15) is 14.4 Å². The Bertz CT molecular complexity index is 1410. The molecule has 0 spiro atoms. The lowest BCUT2D eigenvalue weighted by atomic mass is 10.0. The number of ether oxygens (including phenoxy) is 3. The largest absolute Gasteiger partial charge is 0.462 e. The maximum atomic E-state index is 13.0. The Morgan fingerprint density at radius 3 is 0.683 bits per heavy atom. The maximum Gasteiger partial charge on any atom is 0.306 e. The van der Waals surface area contributed by atoms with Gasteiger partial charge in [0.25, 0.3) is 0 Å². The van der Waals surface area contributed by atoms with Gasteiger partial charge >= 0.3 is 17.9 Å². The lowest BCUT2D eigenvalue weighted by Gasteiger charge is -2.18. The topological polar surface area (TPSA) is 78.9 Å². The molecule has 480 valence electrons. The summed E-state index contributed by atoms with van der Waals surface area (Å²) in [4.78, 5) is 38.5. The molecule has 0 aromatic rings. The fourth-order valence-electron chi connectivity index (χ4n) is 11.0. The summed E-state index contributed by atoms with van der Waals surface area (Å²) in [5.41, 5.74) is 0. The summed E-state index contributed by atoms with van der Waals surface area (Å²) in [6.45, 7) is 6.68. The van der Waals surface area contributed by atoms with Gasteiger partial charge in [-0.15, -0.1) is 0 Å². The van der Waals surface area contributed by atoms with Crippen molar-refractivity contribution in [3.8, 4) is 0 Å². The Morgan fingerprint density at radius 2 is 0.439 bits per heavy atom. The Kier molecular flexibility index (Phi) is 68.6. The van der Waals surface area contributed by atoms with Crippen LogP contribution in [0.3, 0.4) is 0 Å². The highest BCUT2D eigenvalue weighted by Crippen LogP contribution is 2.18. The highest BCUT2D eigenvalue weighted by Gasteiger charge is 2.19. The molecule has 0 amide bonds. The van der Waals surface area contributed by atoms with Crippen molar-refractivity contribution in [1.82, 2.24) is 0 Å². The monoisotopic (exact) mass is 1150 g/mol. The number of rotatable bonds is 68. The molecule has 0 heterocycles. The van der Waals surface area contributed by atoms with Crippen LogP contribution >= 0.6 is 0 Å². The number of hydrogen-bond acceptors (Lipinski definition) is 6. The van der Waals surface area contributed by atoms with Crippen LogP contribution in [-0.4, -0.2) is 37.2 Å². The minimum atomic E-state index is -0.777. The van der Waals surface area contributed by atoms with Crippen LogP contribution in [-0.2, 0) is 28.6 Å². The SMILES string of the molecule is CCCCCCC/C=C\C/C=C\CCCCCCCCCCCCCCCC(=O)OCC(COC(=O)CCCCCCC/C=C\CCCCCCC)OC(=O)CCCCCCCCCCCCCCC/C=C\CCCCCCCCCC. The van der Waals surface area contributed by atoms with E-state index in [0.717, 1.165) is 70.6 Å². The molecule has 0 bridgehead atoms. The fraction of sp³-hybridized carbons (Fsp3) is 0.855. The van der Waals surface area contributed by atoms with Crippen molar-refractivity contribution >= 4 is 17.9 Å². The minimum absolute atomic E-state index is 0.0724. The van der Waals surface area contributed by atoms with E-state index in [-0.39, 0.29) is 31.1 Å². The van der Waals surface area contributed by atoms with Crippen LogP contribution in [0.1, 0.15) is 400 Å². The van der Waals surface area contributed by atoms with Gasteiger partial charge in [-0.25, -0.2) is 0 Å². The summed E-state index contributed by atoms with van der Waals surface area (Å²) in [5.74, 6) is -0.855. The first-order valence-electron chi connectivity index (χ1n) is 36.6. The molecule has 1 unspecified atom stereocenters. The van der Waals surface area contributed by atoms with Gasteiger partial charge in [0.2, 0.25) is 0 Å². The van der Waals surface area contributed by atoms with E-state index in [1.54, 1.807) is 0 Å². The first-order valence-corrected chi connectivity index (χ1v) is 36.6. The molecule has 0 aliphatic carbocycles. The molecule has 0 saturated heterocycles. The van der Waals surface area contributed by atoms with Crippen LogP contribution in [0, 0.1) is 0 Å². The number of allylic oxidation sites excluding steroid dienone is 8. The summed E-state index contributed by atoms with van der Waals surface area (Å²) in [5, 5.41) is 0. The van der Waals surface area contributed by atoms with Crippen LogP contribution in [0.25, 0.3) is 0 Å². The molecule has 6 nitrogen and oxygen atoms in total. The average molecular weight is 1150 g/mol. The van der Waals surface area contributed by atoms with Crippen molar-refractivity contribution in [2.75, 3.05) is 13.2 Å². The van der Waals surface area contributed by atoms with E-state index in [4.69, 9.17) is 14.2 Å². The van der Waals surface area contributed by atoms with Crippen molar-refractivity contribution in [2.24, 2.45) is 0 Å². The van der Waals surface area contributed by atoms with Gasteiger partial charge in [0.05, 0.1) is 0 Å². The summed E-state index contributed by atoms with van der Waals surface area (Å²) in [7, 11) is 0. The predicted octanol–water partition coefficient (Wildman–Crippen LogP) is 25.3. The zero-order valence-electron chi connectivity index (χ0n) is 55.3. The van der Waals surface area contributed by atoms with Crippen molar-refractivity contribution in [3.05, 3.63) is 48.6 Å². The highest BCUT2D eigenvalue weighted by atomic mass is 16.6. The van der Waals surface area contributed by atoms with Gasteiger partial charge in [0.15, 0.2) is 6.10 Å². The van der Waals surface area contributed by atoms with Gasteiger partial charge in [0.1, 0.15) is 13.2 Å². The molecule has 0 N–H and O–H groups in total. The third kappa shape index (κ3) is 68.2. The highest BCUT2D eigenvalue weighted by molar-refractivity contribution is 5.71. The van der Waals surface area contributed by atoms with Crippen LogP contribution in [0.15, 0.2) is 48.6 Å². The number of hydrogen-bond donors (Lipinski definition) is 0. The third-order valence-electron chi connectivity index (χ3n) is 16.5. The molecule has 82 heavy (non-hydrogen) atoms.